The maximum absolute atomic E-state index is 12.3. The molecule has 1 aliphatic rings. The molecule has 0 aliphatic carbocycles. The molecule has 1 aliphatic heterocycles. The van der Waals surface area contributed by atoms with Gasteiger partial charge in [-0.1, -0.05) is 0 Å². The Hall–Kier alpha value is -1.36. The van der Waals surface area contributed by atoms with Gasteiger partial charge in [0.15, 0.2) is 0 Å². The standard InChI is InChI=1S/C13H22N4O/c1-10-12(9-17(3)15-10)13(18)16(2)8-11-5-4-6-14-7-11/h9,11,14H,4-8H2,1-3H3. The molecule has 2 rings (SSSR count). The Bertz CT molecular complexity index is 421. The fourth-order valence-electron chi connectivity index (χ4n) is 2.57. The topological polar surface area (TPSA) is 50.2 Å². The summed E-state index contributed by atoms with van der Waals surface area (Å²) in [6.45, 7) is 4.82. The molecule has 1 atom stereocenters. The number of rotatable bonds is 3. The van der Waals surface area contributed by atoms with Crippen LogP contribution < -0.4 is 5.32 Å². The van der Waals surface area contributed by atoms with Crippen LogP contribution in [0, 0.1) is 12.8 Å². The summed E-state index contributed by atoms with van der Waals surface area (Å²) in [5.74, 6) is 0.649. The highest BCUT2D eigenvalue weighted by Gasteiger charge is 2.21. The SMILES string of the molecule is Cc1nn(C)cc1C(=O)N(C)CC1CCCNC1. The summed E-state index contributed by atoms with van der Waals surface area (Å²) in [4.78, 5) is 14.1. The van der Waals surface area contributed by atoms with E-state index in [9.17, 15) is 4.79 Å². The molecule has 0 spiro atoms. The van der Waals surface area contributed by atoms with Gasteiger partial charge in [-0.2, -0.15) is 5.10 Å². The third kappa shape index (κ3) is 2.90. The number of aromatic nitrogens is 2. The van der Waals surface area contributed by atoms with Crippen molar-refractivity contribution in [1.82, 2.24) is 20.0 Å². The van der Waals surface area contributed by atoms with Crippen molar-refractivity contribution in [1.29, 1.82) is 0 Å². The number of hydrogen-bond donors (Lipinski definition) is 1. The summed E-state index contributed by atoms with van der Waals surface area (Å²) in [7, 11) is 3.72. The molecule has 2 heterocycles. The normalized spacial score (nSPS) is 19.8. The number of carbonyl (C=O) groups is 1. The lowest BCUT2D eigenvalue weighted by molar-refractivity contribution is 0.0764. The zero-order valence-corrected chi connectivity index (χ0v) is 11.4. The summed E-state index contributed by atoms with van der Waals surface area (Å²) < 4.78 is 1.69. The monoisotopic (exact) mass is 250 g/mol. The molecular formula is C13H22N4O. The Labute approximate surface area is 108 Å². The van der Waals surface area contributed by atoms with Gasteiger partial charge in [0.1, 0.15) is 0 Å². The summed E-state index contributed by atoms with van der Waals surface area (Å²) in [6, 6.07) is 0. The van der Waals surface area contributed by atoms with Crippen LogP contribution in [-0.2, 0) is 7.05 Å². The number of hydrogen-bond acceptors (Lipinski definition) is 3. The molecule has 5 nitrogen and oxygen atoms in total. The van der Waals surface area contributed by atoms with Crippen LogP contribution in [0.3, 0.4) is 0 Å². The molecule has 1 N–H and O–H groups in total. The quantitative estimate of drug-likeness (QED) is 0.863. The van der Waals surface area contributed by atoms with Crippen LogP contribution in [0.2, 0.25) is 0 Å². The van der Waals surface area contributed by atoms with E-state index in [2.05, 4.69) is 10.4 Å². The van der Waals surface area contributed by atoms with Crippen LogP contribution in [-0.4, -0.2) is 47.3 Å². The smallest absolute Gasteiger partial charge is 0.257 e. The van der Waals surface area contributed by atoms with Crippen molar-refractivity contribution in [3.63, 3.8) is 0 Å². The highest BCUT2D eigenvalue weighted by atomic mass is 16.2. The van der Waals surface area contributed by atoms with Gasteiger partial charge in [0.25, 0.3) is 5.91 Å². The van der Waals surface area contributed by atoms with Crippen LogP contribution in [0.25, 0.3) is 0 Å². The number of aryl methyl sites for hydroxylation is 2. The fraction of sp³-hybridized carbons (Fsp3) is 0.692. The van der Waals surface area contributed by atoms with E-state index >= 15 is 0 Å². The van der Waals surface area contributed by atoms with Gasteiger partial charge in [0.2, 0.25) is 0 Å². The van der Waals surface area contributed by atoms with Crippen molar-refractivity contribution >= 4 is 5.91 Å². The van der Waals surface area contributed by atoms with E-state index in [-0.39, 0.29) is 5.91 Å². The second kappa shape index (κ2) is 5.52. The molecule has 1 unspecified atom stereocenters. The van der Waals surface area contributed by atoms with E-state index in [0.717, 1.165) is 25.3 Å². The van der Waals surface area contributed by atoms with Gasteiger partial charge in [-0.05, 0) is 38.8 Å². The molecule has 18 heavy (non-hydrogen) atoms. The molecule has 1 aromatic heterocycles. The number of piperidine rings is 1. The maximum atomic E-state index is 12.3. The highest BCUT2D eigenvalue weighted by molar-refractivity contribution is 5.94. The third-order valence-electron chi connectivity index (χ3n) is 3.52. The minimum atomic E-state index is 0.0752. The lowest BCUT2D eigenvalue weighted by Crippen LogP contribution is -2.39. The molecule has 0 bridgehead atoms. The van der Waals surface area contributed by atoms with Gasteiger partial charge in [-0.3, -0.25) is 9.48 Å². The first-order valence-corrected chi connectivity index (χ1v) is 6.54. The largest absolute Gasteiger partial charge is 0.341 e. The van der Waals surface area contributed by atoms with Gasteiger partial charge in [0.05, 0.1) is 11.3 Å². The van der Waals surface area contributed by atoms with E-state index in [4.69, 9.17) is 0 Å². The molecule has 5 heteroatoms. The van der Waals surface area contributed by atoms with E-state index in [1.54, 1.807) is 10.9 Å². The van der Waals surface area contributed by atoms with Crippen molar-refractivity contribution < 1.29 is 4.79 Å². The first kappa shape index (κ1) is 13.1. The average molecular weight is 250 g/mol. The zero-order chi connectivity index (χ0) is 13.1. The number of carbonyl (C=O) groups excluding carboxylic acids is 1. The first-order chi connectivity index (χ1) is 8.58. The third-order valence-corrected chi connectivity index (χ3v) is 3.52. The number of nitrogens with one attached hydrogen (secondary N) is 1. The van der Waals surface area contributed by atoms with E-state index in [1.165, 1.54) is 12.8 Å². The Balaban J connectivity index is 1.97. The van der Waals surface area contributed by atoms with Crippen LogP contribution in [0.5, 0.6) is 0 Å². The van der Waals surface area contributed by atoms with E-state index in [0.29, 0.717) is 11.5 Å². The minimum absolute atomic E-state index is 0.0752. The van der Waals surface area contributed by atoms with Gasteiger partial charge in [0, 0.05) is 26.8 Å². The van der Waals surface area contributed by atoms with E-state index in [1.807, 2.05) is 25.9 Å². The minimum Gasteiger partial charge on any atom is -0.341 e. The predicted octanol–water partition coefficient (Wildman–Crippen LogP) is 0.800. The molecule has 0 saturated carbocycles. The van der Waals surface area contributed by atoms with Gasteiger partial charge in [-0.25, -0.2) is 0 Å². The number of nitrogens with zero attached hydrogens (tertiary/aromatic N) is 3. The molecule has 0 radical (unpaired) electrons. The lowest BCUT2D eigenvalue weighted by Gasteiger charge is -2.27. The Morgan fingerprint density at radius 3 is 3.00 bits per heavy atom. The second-order valence-electron chi connectivity index (χ2n) is 5.20. The fourth-order valence-corrected chi connectivity index (χ4v) is 2.57. The van der Waals surface area contributed by atoms with Gasteiger partial charge in [-0.15, -0.1) is 0 Å². The van der Waals surface area contributed by atoms with Crippen LogP contribution in [0.15, 0.2) is 6.20 Å². The summed E-state index contributed by atoms with van der Waals surface area (Å²) in [5, 5.41) is 7.60. The van der Waals surface area contributed by atoms with Crippen LogP contribution >= 0.6 is 0 Å². The molecular weight excluding hydrogens is 228 g/mol. The maximum Gasteiger partial charge on any atom is 0.257 e. The molecule has 1 amide bonds. The summed E-state index contributed by atoms with van der Waals surface area (Å²) >= 11 is 0. The first-order valence-electron chi connectivity index (χ1n) is 6.54. The number of amides is 1. The molecule has 100 valence electrons. The van der Waals surface area contributed by atoms with Crippen molar-refractivity contribution in [2.24, 2.45) is 13.0 Å². The second-order valence-corrected chi connectivity index (χ2v) is 5.20. The zero-order valence-electron chi connectivity index (χ0n) is 11.4. The van der Waals surface area contributed by atoms with Crippen molar-refractivity contribution in [3.8, 4) is 0 Å². The molecule has 1 aromatic rings. The Kier molecular flexibility index (Phi) is 4.01. The molecule has 0 aromatic carbocycles. The lowest BCUT2D eigenvalue weighted by atomic mass is 9.99. The van der Waals surface area contributed by atoms with Gasteiger partial charge < -0.3 is 10.2 Å². The Morgan fingerprint density at radius 2 is 2.44 bits per heavy atom. The van der Waals surface area contributed by atoms with Crippen LogP contribution in [0.1, 0.15) is 28.9 Å². The summed E-state index contributed by atoms with van der Waals surface area (Å²) in [6.07, 6.45) is 4.21. The average Bonchev–Trinajstić information content (AvgIpc) is 2.68. The van der Waals surface area contributed by atoms with Crippen LogP contribution in [0.4, 0.5) is 0 Å². The van der Waals surface area contributed by atoms with Crippen molar-refractivity contribution in [2.45, 2.75) is 19.8 Å². The predicted molar refractivity (Wildman–Crippen MR) is 70.5 cm³/mol. The van der Waals surface area contributed by atoms with E-state index < -0.39 is 0 Å². The Morgan fingerprint density at radius 1 is 1.67 bits per heavy atom. The molecule has 1 saturated heterocycles. The van der Waals surface area contributed by atoms with Gasteiger partial charge >= 0.3 is 0 Å². The summed E-state index contributed by atoms with van der Waals surface area (Å²) in [5.41, 5.74) is 1.51. The van der Waals surface area contributed by atoms with Crippen molar-refractivity contribution in [2.75, 3.05) is 26.7 Å². The van der Waals surface area contributed by atoms with Crippen molar-refractivity contribution in [3.05, 3.63) is 17.5 Å². The molecule has 1 fully saturated rings. The highest BCUT2D eigenvalue weighted by Crippen LogP contribution is 2.14.